The van der Waals surface area contributed by atoms with Crippen LogP contribution in [0.2, 0.25) is 0 Å². The van der Waals surface area contributed by atoms with Crippen molar-refractivity contribution >= 4 is 0 Å². The second kappa shape index (κ2) is 6.39. The normalized spacial score (nSPS) is 24.1. The van der Waals surface area contributed by atoms with Gasteiger partial charge in [-0.1, -0.05) is 13.8 Å². The van der Waals surface area contributed by atoms with E-state index in [9.17, 15) is 0 Å². The molecule has 1 aliphatic heterocycles. The number of nitrogens with one attached hydrogen (secondary N) is 1. The van der Waals surface area contributed by atoms with Crippen LogP contribution in [0.3, 0.4) is 0 Å². The van der Waals surface area contributed by atoms with Crippen LogP contribution in [0, 0.1) is 5.92 Å². The summed E-state index contributed by atoms with van der Waals surface area (Å²) in [6, 6.07) is 5.06. The van der Waals surface area contributed by atoms with Gasteiger partial charge >= 0.3 is 0 Å². The minimum atomic E-state index is 0.384. The molecular weight excluding hydrogens is 224 g/mol. The predicted molar refractivity (Wildman–Crippen MR) is 74.6 cm³/mol. The summed E-state index contributed by atoms with van der Waals surface area (Å²) < 4.78 is 5.54. The van der Waals surface area contributed by atoms with E-state index in [2.05, 4.69) is 37.1 Å². The molecule has 1 N–H and O–H groups in total. The molecule has 2 rings (SSSR count). The van der Waals surface area contributed by atoms with Crippen molar-refractivity contribution < 1.29 is 4.42 Å². The fourth-order valence-corrected chi connectivity index (χ4v) is 2.81. The molecule has 102 valence electrons. The molecule has 0 bridgehead atoms. The molecule has 0 amide bonds. The van der Waals surface area contributed by atoms with Crippen molar-refractivity contribution in [3.05, 3.63) is 24.2 Å². The van der Waals surface area contributed by atoms with Crippen LogP contribution in [0.25, 0.3) is 0 Å². The van der Waals surface area contributed by atoms with E-state index in [-0.39, 0.29) is 0 Å². The molecule has 0 aromatic carbocycles. The Bertz CT molecular complexity index is 334. The van der Waals surface area contributed by atoms with Crippen molar-refractivity contribution in [1.82, 2.24) is 10.2 Å². The first-order chi connectivity index (χ1) is 8.66. The molecule has 1 aliphatic rings. The molecule has 0 aliphatic carbocycles. The van der Waals surface area contributed by atoms with E-state index in [1.54, 1.807) is 6.26 Å². The summed E-state index contributed by atoms with van der Waals surface area (Å²) in [7, 11) is 0. The third-order valence-corrected chi connectivity index (χ3v) is 3.77. The summed E-state index contributed by atoms with van der Waals surface area (Å²) in [5.41, 5.74) is 0. The molecule has 3 nitrogen and oxygen atoms in total. The Hall–Kier alpha value is -0.800. The zero-order chi connectivity index (χ0) is 13.0. The maximum absolute atomic E-state index is 5.54. The van der Waals surface area contributed by atoms with Gasteiger partial charge in [-0.25, -0.2) is 0 Å². The fraction of sp³-hybridized carbons (Fsp3) is 0.733. The van der Waals surface area contributed by atoms with Crippen LogP contribution in [-0.4, -0.2) is 30.6 Å². The third kappa shape index (κ3) is 3.59. The van der Waals surface area contributed by atoms with Crippen LogP contribution in [0.1, 0.15) is 45.4 Å². The molecule has 2 atom stereocenters. The molecule has 2 heterocycles. The van der Waals surface area contributed by atoms with E-state index < -0.39 is 0 Å². The molecule has 1 aromatic rings. The Morgan fingerprint density at radius 2 is 2.28 bits per heavy atom. The molecule has 2 unspecified atom stereocenters. The van der Waals surface area contributed by atoms with E-state index in [1.165, 1.54) is 12.8 Å². The minimum Gasteiger partial charge on any atom is -0.468 e. The molecule has 1 saturated heterocycles. The van der Waals surface area contributed by atoms with E-state index in [0.717, 1.165) is 31.3 Å². The number of furan rings is 1. The van der Waals surface area contributed by atoms with Crippen LogP contribution >= 0.6 is 0 Å². The fourth-order valence-electron chi connectivity index (χ4n) is 2.81. The third-order valence-electron chi connectivity index (χ3n) is 3.77. The van der Waals surface area contributed by atoms with Crippen molar-refractivity contribution in [3.63, 3.8) is 0 Å². The Morgan fingerprint density at radius 1 is 1.44 bits per heavy atom. The lowest BCUT2D eigenvalue weighted by Crippen LogP contribution is -2.39. The number of hydrogen-bond acceptors (Lipinski definition) is 3. The monoisotopic (exact) mass is 250 g/mol. The first-order valence-electron chi connectivity index (χ1n) is 7.17. The first kappa shape index (κ1) is 13.6. The van der Waals surface area contributed by atoms with Gasteiger partial charge in [0.2, 0.25) is 0 Å². The first-order valence-corrected chi connectivity index (χ1v) is 7.17. The summed E-state index contributed by atoms with van der Waals surface area (Å²) in [6.07, 6.45) is 4.24. The van der Waals surface area contributed by atoms with Crippen LogP contribution < -0.4 is 5.32 Å². The zero-order valence-electron chi connectivity index (χ0n) is 11.9. The average molecular weight is 250 g/mol. The molecule has 3 heteroatoms. The summed E-state index contributed by atoms with van der Waals surface area (Å²) in [5.74, 6) is 1.83. The largest absolute Gasteiger partial charge is 0.468 e. The molecule has 18 heavy (non-hydrogen) atoms. The van der Waals surface area contributed by atoms with Gasteiger partial charge in [-0.15, -0.1) is 0 Å². The quantitative estimate of drug-likeness (QED) is 0.890. The highest BCUT2D eigenvalue weighted by Gasteiger charge is 2.24. The van der Waals surface area contributed by atoms with E-state index >= 15 is 0 Å². The van der Waals surface area contributed by atoms with E-state index in [1.807, 2.05) is 6.07 Å². The van der Waals surface area contributed by atoms with Crippen molar-refractivity contribution in [2.45, 2.75) is 45.7 Å². The zero-order valence-corrected chi connectivity index (χ0v) is 11.9. The maximum atomic E-state index is 5.54. The highest BCUT2D eigenvalue weighted by atomic mass is 16.3. The van der Waals surface area contributed by atoms with Crippen molar-refractivity contribution in [2.75, 3.05) is 19.6 Å². The smallest absolute Gasteiger partial charge is 0.120 e. The van der Waals surface area contributed by atoms with Crippen LogP contribution in [-0.2, 0) is 0 Å². The topological polar surface area (TPSA) is 28.4 Å². The second-order valence-corrected chi connectivity index (χ2v) is 5.82. The number of nitrogens with zero attached hydrogens (tertiary/aromatic N) is 1. The predicted octanol–water partition coefficient (Wildman–Crippen LogP) is 3.05. The van der Waals surface area contributed by atoms with E-state index in [4.69, 9.17) is 4.42 Å². The maximum Gasteiger partial charge on any atom is 0.120 e. The van der Waals surface area contributed by atoms with E-state index in [0.29, 0.717) is 12.1 Å². The van der Waals surface area contributed by atoms with Crippen LogP contribution in [0.15, 0.2) is 22.8 Å². The molecule has 0 radical (unpaired) electrons. The Kier molecular flexibility index (Phi) is 4.84. The van der Waals surface area contributed by atoms with Crippen molar-refractivity contribution in [1.29, 1.82) is 0 Å². The van der Waals surface area contributed by atoms with Gasteiger partial charge in [0.05, 0.1) is 12.3 Å². The van der Waals surface area contributed by atoms with Gasteiger partial charge in [-0.2, -0.15) is 0 Å². The Morgan fingerprint density at radius 3 is 2.94 bits per heavy atom. The van der Waals surface area contributed by atoms with Crippen molar-refractivity contribution in [3.8, 4) is 0 Å². The average Bonchev–Trinajstić information content (AvgIpc) is 2.75. The lowest BCUT2D eigenvalue weighted by atomic mass is 10.0. The van der Waals surface area contributed by atoms with Gasteiger partial charge in [0.15, 0.2) is 0 Å². The van der Waals surface area contributed by atoms with Gasteiger partial charge in [-0.3, -0.25) is 4.90 Å². The number of hydrogen-bond donors (Lipinski definition) is 1. The summed E-state index contributed by atoms with van der Waals surface area (Å²) in [6.45, 7) is 10.3. The van der Waals surface area contributed by atoms with Gasteiger partial charge in [-0.05, 0) is 44.4 Å². The van der Waals surface area contributed by atoms with Crippen LogP contribution in [0.4, 0.5) is 0 Å². The summed E-state index contributed by atoms with van der Waals surface area (Å²) >= 11 is 0. The Balaban J connectivity index is 1.98. The molecule has 1 aromatic heterocycles. The van der Waals surface area contributed by atoms with Gasteiger partial charge in [0.25, 0.3) is 0 Å². The van der Waals surface area contributed by atoms with Gasteiger partial charge in [0.1, 0.15) is 5.76 Å². The SMILES string of the molecule is CC(C)CC1CN(C(C)c2ccco2)CCCN1. The minimum absolute atomic E-state index is 0.384. The number of rotatable bonds is 4. The lowest BCUT2D eigenvalue weighted by Gasteiger charge is -2.29. The molecule has 0 saturated carbocycles. The second-order valence-electron chi connectivity index (χ2n) is 5.82. The van der Waals surface area contributed by atoms with Crippen LogP contribution in [0.5, 0.6) is 0 Å². The van der Waals surface area contributed by atoms with Crippen molar-refractivity contribution in [2.24, 2.45) is 5.92 Å². The Labute approximate surface area is 111 Å². The molecule has 0 spiro atoms. The van der Waals surface area contributed by atoms with Gasteiger partial charge < -0.3 is 9.73 Å². The summed E-state index contributed by atoms with van der Waals surface area (Å²) in [5, 5.41) is 3.67. The molecule has 1 fully saturated rings. The highest BCUT2D eigenvalue weighted by Crippen LogP contribution is 2.23. The van der Waals surface area contributed by atoms with Gasteiger partial charge in [0, 0.05) is 19.1 Å². The lowest BCUT2D eigenvalue weighted by molar-refractivity contribution is 0.179. The molecular formula is C15H26N2O. The summed E-state index contributed by atoms with van der Waals surface area (Å²) in [4.78, 5) is 2.55. The standard InChI is InChI=1S/C15H26N2O/c1-12(2)10-14-11-17(8-5-7-16-14)13(3)15-6-4-9-18-15/h4,6,9,12-14,16H,5,7-8,10-11H2,1-3H3. The highest BCUT2D eigenvalue weighted by molar-refractivity contribution is 5.04.